The molecule has 29 heavy (non-hydrogen) atoms. The minimum Gasteiger partial charge on any atom is -0.366 e. The Hall–Kier alpha value is -2.54. The fourth-order valence-corrected chi connectivity index (χ4v) is 3.59. The van der Waals surface area contributed by atoms with Gasteiger partial charge in [0.05, 0.1) is 16.3 Å². The summed E-state index contributed by atoms with van der Waals surface area (Å²) in [6.45, 7) is 4.20. The summed E-state index contributed by atoms with van der Waals surface area (Å²) in [7, 11) is 0. The van der Waals surface area contributed by atoms with Gasteiger partial charge in [-0.05, 0) is 36.8 Å². The summed E-state index contributed by atoms with van der Waals surface area (Å²) in [5.41, 5.74) is 0.437. The summed E-state index contributed by atoms with van der Waals surface area (Å²) in [4.78, 5) is 27.5. The van der Waals surface area contributed by atoms with Crippen LogP contribution in [0.2, 0.25) is 5.02 Å². The molecule has 8 heteroatoms. The number of Topliss-reactive ketones (excluding diaryl/α,β-unsaturated/α-hetero) is 1. The van der Waals surface area contributed by atoms with Crippen molar-refractivity contribution in [3.63, 3.8) is 0 Å². The number of benzene rings is 2. The standard InChI is InChI=1S/C21H20ClF3N2O2/c1-3-17(28)13-4-5-16(14(23)11-13)26-6-8-27(9-7-26)21(29)18-19(22)12(2)10-15(24)20(18)25/h4-5,10-11H,3,6-9H2,1-2H3. The molecule has 0 N–H and O–H groups in total. The van der Waals surface area contributed by atoms with E-state index in [0.29, 0.717) is 24.3 Å². The van der Waals surface area contributed by atoms with Crippen LogP contribution in [0.1, 0.15) is 39.6 Å². The summed E-state index contributed by atoms with van der Waals surface area (Å²) in [6, 6.07) is 5.28. The summed E-state index contributed by atoms with van der Waals surface area (Å²) < 4.78 is 42.4. The van der Waals surface area contributed by atoms with Gasteiger partial charge in [-0.3, -0.25) is 9.59 Å². The van der Waals surface area contributed by atoms with Crippen LogP contribution in [0.4, 0.5) is 18.9 Å². The van der Waals surface area contributed by atoms with Crippen LogP contribution in [-0.2, 0) is 0 Å². The summed E-state index contributed by atoms with van der Waals surface area (Å²) in [6.07, 6.45) is 0.290. The van der Waals surface area contributed by atoms with Crippen molar-refractivity contribution in [1.29, 1.82) is 0 Å². The zero-order chi connectivity index (χ0) is 21.3. The van der Waals surface area contributed by atoms with Crippen molar-refractivity contribution in [3.8, 4) is 0 Å². The Morgan fingerprint density at radius 2 is 1.69 bits per heavy atom. The minimum atomic E-state index is -1.27. The molecular weight excluding hydrogens is 405 g/mol. The van der Waals surface area contributed by atoms with Crippen LogP contribution in [0, 0.1) is 24.4 Å². The molecular formula is C21H20ClF3N2O2. The molecule has 1 fully saturated rings. The molecule has 1 heterocycles. The lowest BCUT2D eigenvalue weighted by Gasteiger charge is -2.36. The van der Waals surface area contributed by atoms with Gasteiger partial charge >= 0.3 is 0 Å². The molecule has 0 saturated carbocycles. The Balaban J connectivity index is 1.75. The van der Waals surface area contributed by atoms with E-state index in [9.17, 15) is 22.8 Å². The van der Waals surface area contributed by atoms with E-state index in [1.807, 2.05) is 0 Å². The molecule has 0 aromatic heterocycles. The highest BCUT2D eigenvalue weighted by molar-refractivity contribution is 6.34. The molecule has 0 atom stereocenters. The number of halogens is 4. The third kappa shape index (κ3) is 4.10. The van der Waals surface area contributed by atoms with Crippen LogP contribution in [0.25, 0.3) is 0 Å². The van der Waals surface area contributed by atoms with Crippen molar-refractivity contribution < 1.29 is 22.8 Å². The number of hydrogen-bond donors (Lipinski definition) is 0. The van der Waals surface area contributed by atoms with E-state index in [1.54, 1.807) is 24.0 Å². The largest absolute Gasteiger partial charge is 0.366 e. The highest BCUT2D eigenvalue weighted by atomic mass is 35.5. The van der Waals surface area contributed by atoms with Gasteiger partial charge in [-0.2, -0.15) is 0 Å². The van der Waals surface area contributed by atoms with E-state index in [0.717, 1.165) is 6.07 Å². The summed E-state index contributed by atoms with van der Waals surface area (Å²) in [5, 5.41) is -0.112. The van der Waals surface area contributed by atoms with Crippen molar-refractivity contribution in [3.05, 3.63) is 63.4 Å². The Kier molecular flexibility index (Phi) is 6.17. The predicted molar refractivity (Wildman–Crippen MR) is 105 cm³/mol. The molecule has 0 radical (unpaired) electrons. The molecule has 154 valence electrons. The van der Waals surface area contributed by atoms with Crippen molar-refractivity contribution in [1.82, 2.24) is 4.90 Å². The molecule has 0 bridgehead atoms. The number of aryl methyl sites for hydroxylation is 1. The third-order valence-corrected chi connectivity index (χ3v) is 5.54. The second-order valence-electron chi connectivity index (χ2n) is 6.90. The maximum Gasteiger partial charge on any atom is 0.258 e. The maximum absolute atomic E-state index is 14.5. The SMILES string of the molecule is CCC(=O)c1ccc(N2CCN(C(=O)c3c(F)c(F)cc(C)c3Cl)CC2)c(F)c1. The quantitative estimate of drug-likeness (QED) is 0.531. The number of rotatable bonds is 4. The van der Waals surface area contributed by atoms with Crippen LogP contribution in [0.15, 0.2) is 24.3 Å². The van der Waals surface area contributed by atoms with Crippen molar-refractivity contribution in [2.75, 3.05) is 31.1 Å². The van der Waals surface area contributed by atoms with Crippen LogP contribution in [-0.4, -0.2) is 42.8 Å². The first-order valence-electron chi connectivity index (χ1n) is 9.25. The number of anilines is 1. The first-order chi connectivity index (χ1) is 13.7. The van der Waals surface area contributed by atoms with Crippen LogP contribution in [0.3, 0.4) is 0 Å². The Bertz CT molecular complexity index is 947. The van der Waals surface area contributed by atoms with Crippen molar-refractivity contribution in [2.45, 2.75) is 20.3 Å². The fourth-order valence-electron chi connectivity index (χ4n) is 3.37. The number of nitrogens with zero attached hydrogens (tertiary/aromatic N) is 2. The molecule has 4 nitrogen and oxygen atoms in total. The third-order valence-electron chi connectivity index (χ3n) is 5.05. The Labute approximate surface area is 171 Å². The van der Waals surface area contributed by atoms with Gasteiger partial charge in [0.15, 0.2) is 17.4 Å². The zero-order valence-electron chi connectivity index (χ0n) is 16.1. The monoisotopic (exact) mass is 424 g/mol. The van der Waals surface area contributed by atoms with Gasteiger partial charge in [0, 0.05) is 38.2 Å². The second-order valence-corrected chi connectivity index (χ2v) is 7.28. The minimum absolute atomic E-state index is 0.112. The van der Waals surface area contributed by atoms with E-state index in [4.69, 9.17) is 11.6 Å². The topological polar surface area (TPSA) is 40.6 Å². The maximum atomic E-state index is 14.5. The van der Waals surface area contributed by atoms with Crippen LogP contribution in [0.5, 0.6) is 0 Å². The van der Waals surface area contributed by atoms with Gasteiger partial charge in [-0.15, -0.1) is 0 Å². The predicted octanol–water partition coefficient (Wildman–Crippen LogP) is 4.62. The van der Waals surface area contributed by atoms with E-state index in [-0.39, 0.29) is 35.9 Å². The van der Waals surface area contributed by atoms with Gasteiger partial charge in [0.2, 0.25) is 0 Å². The summed E-state index contributed by atoms with van der Waals surface area (Å²) >= 11 is 6.04. The summed E-state index contributed by atoms with van der Waals surface area (Å²) in [5.74, 6) is -3.75. The lowest BCUT2D eigenvalue weighted by atomic mass is 10.1. The van der Waals surface area contributed by atoms with Crippen LogP contribution >= 0.6 is 11.6 Å². The van der Waals surface area contributed by atoms with Gasteiger partial charge in [0.25, 0.3) is 5.91 Å². The second kappa shape index (κ2) is 8.45. The van der Waals surface area contributed by atoms with Crippen molar-refractivity contribution >= 4 is 29.0 Å². The average molecular weight is 425 g/mol. The zero-order valence-corrected chi connectivity index (χ0v) is 16.8. The molecule has 1 saturated heterocycles. The molecule has 0 aliphatic carbocycles. The number of ketones is 1. The normalized spacial score (nSPS) is 14.3. The molecule has 1 aliphatic rings. The average Bonchev–Trinajstić information content (AvgIpc) is 2.72. The number of carbonyl (C=O) groups excluding carboxylic acids is 2. The number of amides is 1. The lowest BCUT2D eigenvalue weighted by molar-refractivity contribution is 0.0740. The van der Waals surface area contributed by atoms with E-state index in [2.05, 4.69) is 0 Å². The number of carbonyl (C=O) groups is 2. The molecule has 2 aromatic carbocycles. The fraction of sp³-hybridized carbons (Fsp3) is 0.333. The lowest BCUT2D eigenvalue weighted by Crippen LogP contribution is -2.49. The molecule has 2 aromatic rings. The van der Waals surface area contributed by atoms with Crippen LogP contribution < -0.4 is 4.90 Å². The van der Waals surface area contributed by atoms with E-state index < -0.39 is 28.9 Å². The van der Waals surface area contributed by atoms with Crippen molar-refractivity contribution in [2.24, 2.45) is 0 Å². The molecule has 1 aliphatic heterocycles. The van der Waals surface area contributed by atoms with Gasteiger partial charge in [-0.25, -0.2) is 13.2 Å². The molecule has 0 spiro atoms. The molecule has 3 rings (SSSR count). The Morgan fingerprint density at radius 3 is 2.28 bits per heavy atom. The Morgan fingerprint density at radius 1 is 1.03 bits per heavy atom. The highest BCUT2D eigenvalue weighted by Gasteiger charge is 2.29. The van der Waals surface area contributed by atoms with E-state index >= 15 is 0 Å². The number of hydrogen-bond acceptors (Lipinski definition) is 3. The first kappa shape index (κ1) is 21.2. The highest BCUT2D eigenvalue weighted by Crippen LogP contribution is 2.28. The first-order valence-corrected chi connectivity index (χ1v) is 9.63. The van der Waals surface area contributed by atoms with Gasteiger partial charge in [0.1, 0.15) is 5.82 Å². The van der Waals surface area contributed by atoms with Gasteiger partial charge < -0.3 is 9.80 Å². The number of piperazine rings is 1. The smallest absolute Gasteiger partial charge is 0.258 e. The van der Waals surface area contributed by atoms with Gasteiger partial charge in [-0.1, -0.05) is 18.5 Å². The van der Waals surface area contributed by atoms with E-state index in [1.165, 1.54) is 17.9 Å². The molecule has 1 amide bonds. The molecule has 0 unspecified atom stereocenters.